The first-order valence-corrected chi connectivity index (χ1v) is 11.0. The molecule has 6 heteroatoms. The SMILES string of the molecule is C/C=C\C=C1/CC(OCC(Nc2ccccc2F)=C(C)C)=CC=C1C(=O)Nc1cccc(F)c1. The Morgan fingerprint density at radius 3 is 2.56 bits per heavy atom. The van der Waals surface area contributed by atoms with Crippen molar-refractivity contribution < 1.29 is 18.3 Å². The Kier molecular flexibility index (Phi) is 8.57. The summed E-state index contributed by atoms with van der Waals surface area (Å²) >= 11 is 0. The van der Waals surface area contributed by atoms with Crippen LogP contribution in [0.2, 0.25) is 0 Å². The summed E-state index contributed by atoms with van der Waals surface area (Å²) in [5.74, 6) is -0.420. The molecular formula is C28H28F2N2O2. The third-order valence-corrected chi connectivity index (χ3v) is 5.13. The maximum atomic E-state index is 14.1. The van der Waals surface area contributed by atoms with E-state index >= 15 is 0 Å². The summed E-state index contributed by atoms with van der Waals surface area (Å²) in [4.78, 5) is 12.9. The maximum Gasteiger partial charge on any atom is 0.255 e. The van der Waals surface area contributed by atoms with Gasteiger partial charge in [-0.1, -0.05) is 42.0 Å². The van der Waals surface area contributed by atoms with Crippen LogP contribution in [0.3, 0.4) is 0 Å². The molecule has 0 spiro atoms. The molecule has 0 fully saturated rings. The van der Waals surface area contributed by atoms with Crippen LogP contribution < -0.4 is 10.6 Å². The second kappa shape index (κ2) is 11.8. The number of hydrogen-bond donors (Lipinski definition) is 2. The third-order valence-electron chi connectivity index (χ3n) is 5.13. The highest BCUT2D eigenvalue weighted by atomic mass is 19.1. The van der Waals surface area contributed by atoms with Gasteiger partial charge >= 0.3 is 0 Å². The van der Waals surface area contributed by atoms with Crippen LogP contribution in [0.1, 0.15) is 27.2 Å². The number of ether oxygens (including phenoxy) is 1. The Morgan fingerprint density at radius 1 is 1.06 bits per heavy atom. The molecule has 0 bridgehead atoms. The zero-order chi connectivity index (χ0) is 24.5. The highest BCUT2D eigenvalue weighted by molar-refractivity contribution is 6.07. The standard InChI is InChI=1S/C28H28F2N2O2/c1-4-5-9-20-16-23(14-15-24(20)28(33)31-22-11-8-10-21(29)17-22)34-18-27(19(2)3)32-26-13-7-6-12-25(26)30/h4-15,17,32H,16,18H2,1-3H3,(H,31,33)/b5-4-,20-9+. The third kappa shape index (κ3) is 6.78. The van der Waals surface area contributed by atoms with Gasteiger partial charge in [-0.2, -0.15) is 0 Å². The number of benzene rings is 2. The van der Waals surface area contributed by atoms with E-state index in [0.29, 0.717) is 29.1 Å². The molecule has 0 atom stereocenters. The molecule has 0 heterocycles. The van der Waals surface area contributed by atoms with E-state index in [1.165, 1.54) is 18.2 Å². The molecule has 0 saturated heterocycles. The van der Waals surface area contributed by atoms with E-state index in [-0.39, 0.29) is 18.3 Å². The first-order valence-electron chi connectivity index (χ1n) is 11.0. The first kappa shape index (κ1) is 24.7. The van der Waals surface area contributed by atoms with Crippen molar-refractivity contribution in [2.45, 2.75) is 27.2 Å². The lowest BCUT2D eigenvalue weighted by molar-refractivity contribution is -0.112. The molecule has 4 nitrogen and oxygen atoms in total. The summed E-state index contributed by atoms with van der Waals surface area (Å²) in [5.41, 5.74) is 3.73. The Balaban J connectivity index is 1.75. The number of halogens is 2. The van der Waals surface area contributed by atoms with E-state index in [1.807, 2.05) is 39.0 Å². The number of rotatable bonds is 8. The summed E-state index contributed by atoms with van der Waals surface area (Å²) in [5, 5.41) is 5.84. The molecule has 0 aromatic heterocycles. The number of nitrogens with one attached hydrogen (secondary N) is 2. The van der Waals surface area contributed by atoms with E-state index in [9.17, 15) is 13.6 Å². The summed E-state index contributed by atoms with van der Waals surface area (Å²) in [6.45, 7) is 5.96. The second-order valence-electron chi connectivity index (χ2n) is 7.94. The minimum atomic E-state index is -0.422. The van der Waals surface area contributed by atoms with E-state index in [1.54, 1.807) is 42.5 Å². The van der Waals surface area contributed by atoms with Gasteiger partial charge in [0.25, 0.3) is 5.91 Å². The van der Waals surface area contributed by atoms with Gasteiger partial charge in [0.15, 0.2) is 0 Å². The molecule has 0 unspecified atom stereocenters. The van der Waals surface area contributed by atoms with E-state index in [2.05, 4.69) is 10.6 Å². The lowest BCUT2D eigenvalue weighted by atomic mass is 9.95. The predicted molar refractivity (Wildman–Crippen MR) is 133 cm³/mol. The van der Waals surface area contributed by atoms with Crippen LogP contribution in [0.4, 0.5) is 20.2 Å². The zero-order valence-corrected chi connectivity index (χ0v) is 19.5. The van der Waals surface area contributed by atoms with Gasteiger partial charge in [0.05, 0.1) is 11.4 Å². The van der Waals surface area contributed by atoms with Gasteiger partial charge in [-0.05, 0) is 68.8 Å². The smallest absolute Gasteiger partial charge is 0.255 e. The topological polar surface area (TPSA) is 50.4 Å². The number of allylic oxidation sites excluding steroid dienone is 7. The summed E-state index contributed by atoms with van der Waals surface area (Å²) in [6, 6.07) is 12.2. The van der Waals surface area contributed by atoms with E-state index in [0.717, 1.165) is 16.8 Å². The number of anilines is 2. The highest BCUT2D eigenvalue weighted by Gasteiger charge is 2.20. The van der Waals surface area contributed by atoms with Crippen molar-refractivity contribution in [1.29, 1.82) is 0 Å². The number of carbonyl (C=O) groups excluding carboxylic acids is 1. The molecule has 34 heavy (non-hydrogen) atoms. The van der Waals surface area contributed by atoms with Crippen LogP contribution in [0.15, 0.2) is 107 Å². The lowest BCUT2D eigenvalue weighted by Gasteiger charge is -2.21. The average molecular weight is 463 g/mol. The van der Waals surface area contributed by atoms with Crippen molar-refractivity contribution in [3.05, 3.63) is 119 Å². The normalized spacial score (nSPS) is 14.4. The van der Waals surface area contributed by atoms with E-state index < -0.39 is 5.82 Å². The molecular weight excluding hydrogens is 434 g/mol. The number of carbonyl (C=O) groups is 1. The average Bonchev–Trinajstić information content (AvgIpc) is 2.81. The van der Waals surface area contributed by atoms with Crippen molar-refractivity contribution >= 4 is 17.3 Å². The Hall–Kier alpha value is -3.93. The molecule has 0 radical (unpaired) electrons. The Morgan fingerprint density at radius 2 is 1.85 bits per heavy atom. The second-order valence-corrected chi connectivity index (χ2v) is 7.94. The van der Waals surface area contributed by atoms with Gasteiger partial charge in [-0.3, -0.25) is 4.79 Å². The maximum absolute atomic E-state index is 14.1. The fourth-order valence-corrected chi connectivity index (χ4v) is 3.27. The van der Waals surface area contributed by atoms with Crippen LogP contribution >= 0.6 is 0 Å². The molecule has 2 aromatic carbocycles. The fourth-order valence-electron chi connectivity index (χ4n) is 3.27. The fraction of sp³-hybridized carbons (Fsp3) is 0.179. The van der Waals surface area contributed by atoms with Gasteiger partial charge in [-0.25, -0.2) is 8.78 Å². The zero-order valence-electron chi connectivity index (χ0n) is 19.5. The highest BCUT2D eigenvalue weighted by Crippen LogP contribution is 2.28. The molecule has 3 rings (SSSR count). The van der Waals surface area contributed by atoms with Crippen molar-refractivity contribution in [2.24, 2.45) is 0 Å². The van der Waals surface area contributed by atoms with E-state index in [4.69, 9.17) is 4.74 Å². The Bertz CT molecular complexity index is 1200. The molecule has 1 aliphatic carbocycles. The lowest BCUT2D eigenvalue weighted by Crippen LogP contribution is -2.18. The molecule has 2 N–H and O–H groups in total. The quantitative estimate of drug-likeness (QED) is 0.442. The van der Waals surface area contributed by atoms with Gasteiger partial charge in [0.1, 0.15) is 24.0 Å². The molecule has 176 valence electrons. The van der Waals surface area contributed by atoms with Crippen molar-refractivity contribution in [3.63, 3.8) is 0 Å². The predicted octanol–water partition coefficient (Wildman–Crippen LogP) is 7.04. The molecule has 1 aliphatic rings. The summed E-state index contributed by atoms with van der Waals surface area (Å²) in [7, 11) is 0. The van der Waals surface area contributed by atoms with Gasteiger partial charge < -0.3 is 15.4 Å². The summed E-state index contributed by atoms with van der Waals surface area (Å²) in [6.07, 6.45) is 9.42. The molecule has 2 aromatic rings. The first-order chi connectivity index (χ1) is 16.4. The number of para-hydroxylation sites is 1. The number of hydrogen-bond acceptors (Lipinski definition) is 3. The molecule has 1 amide bonds. The van der Waals surface area contributed by atoms with Gasteiger partial charge in [0, 0.05) is 17.7 Å². The van der Waals surface area contributed by atoms with Crippen molar-refractivity contribution in [3.8, 4) is 0 Å². The molecule has 0 aliphatic heterocycles. The number of amides is 1. The van der Waals surface area contributed by atoms with Crippen molar-refractivity contribution in [2.75, 3.05) is 17.2 Å². The van der Waals surface area contributed by atoms with Crippen molar-refractivity contribution in [1.82, 2.24) is 0 Å². The van der Waals surface area contributed by atoms with Gasteiger partial charge in [-0.15, -0.1) is 0 Å². The monoisotopic (exact) mass is 462 g/mol. The minimum absolute atomic E-state index is 0.220. The van der Waals surface area contributed by atoms with Crippen LogP contribution in [0.25, 0.3) is 0 Å². The largest absolute Gasteiger partial charge is 0.491 e. The minimum Gasteiger partial charge on any atom is -0.491 e. The van der Waals surface area contributed by atoms with Crippen LogP contribution in [-0.2, 0) is 9.53 Å². The van der Waals surface area contributed by atoms with Crippen LogP contribution in [0.5, 0.6) is 0 Å². The van der Waals surface area contributed by atoms with Gasteiger partial charge in [0.2, 0.25) is 0 Å². The summed E-state index contributed by atoms with van der Waals surface area (Å²) < 4.78 is 33.6. The van der Waals surface area contributed by atoms with Crippen LogP contribution in [0, 0.1) is 11.6 Å². The van der Waals surface area contributed by atoms with Crippen LogP contribution in [-0.4, -0.2) is 12.5 Å². The molecule has 0 saturated carbocycles. The Labute approximate surface area is 199 Å².